The number of thioether (sulfide) groups is 1. The zero-order valence-electron chi connectivity index (χ0n) is 10.1. The second-order valence-electron chi connectivity index (χ2n) is 4.71. The normalized spacial score (nSPS) is 20.1. The molecular weight excluding hydrogens is 246 g/mol. The Morgan fingerprint density at radius 2 is 2.39 bits per heavy atom. The van der Waals surface area contributed by atoms with Gasteiger partial charge in [-0.15, -0.1) is 10.2 Å². The Morgan fingerprint density at radius 3 is 3.17 bits per heavy atom. The van der Waals surface area contributed by atoms with Crippen LogP contribution in [0.4, 0.5) is 0 Å². The lowest BCUT2D eigenvalue weighted by Gasteiger charge is -2.20. The first-order valence-corrected chi connectivity index (χ1v) is 7.39. The van der Waals surface area contributed by atoms with E-state index >= 15 is 0 Å². The molecular formula is C13H15N3OS. The van der Waals surface area contributed by atoms with Gasteiger partial charge in [-0.25, -0.2) is 0 Å². The lowest BCUT2D eigenvalue weighted by atomic mass is 10.0. The monoisotopic (exact) mass is 261 g/mol. The highest BCUT2D eigenvalue weighted by Gasteiger charge is 2.17. The zero-order chi connectivity index (χ0) is 12.4. The van der Waals surface area contributed by atoms with Gasteiger partial charge in [0.15, 0.2) is 11.9 Å². The molecule has 0 radical (unpaired) electrons. The Labute approximate surface area is 110 Å². The van der Waals surface area contributed by atoms with Gasteiger partial charge in [0.25, 0.3) is 0 Å². The first-order chi connectivity index (χ1) is 8.86. The minimum absolute atomic E-state index is 0.668. The number of hydrogen-bond donors (Lipinski definition) is 0. The van der Waals surface area contributed by atoms with Gasteiger partial charge >= 0.3 is 0 Å². The van der Waals surface area contributed by atoms with Crippen LogP contribution in [0.25, 0.3) is 5.65 Å². The molecule has 5 heteroatoms. The molecule has 0 aliphatic carbocycles. The van der Waals surface area contributed by atoms with E-state index in [1.165, 1.54) is 24.3 Å². The molecule has 1 unspecified atom stereocenters. The largest absolute Gasteiger partial charge is 0.298 e. The van der Waals surface area contributed by atoms with Gasteiger partial charge in [0.05, 0.1) is 0 Å². The predicted octanol–water partition coefficient (Wildman–Crippen LogP) is 2.23. The van der Waals surface area contributed by atoms with Gasteiger partial charge in [-0.05, 0) is 42.4 Å². The van der Waals surface area contributed by atoms with Crippen LogP contribution < -0.4 is 0 Å². The van der Waals surface area contributed by atoms with E-state index in [0.717, 1.165) is 24.2 Å². The highest BCUT2D eigenvalue weighted by atomic mass is 32.2. The van der Waals surface area contributed by atoms with E-state index < -0.39 is 0 Å². The fourth-order valence-corrected chi connectivity index (χ4v) is 3.55. The lowest BCUT2D eigenvalue weighted by Crippen LogP contribution is -2.14. The molecule has 1 atom stereocenters. The minimum Gasteiger partial charge on any atom is -0.298 e. The first kappa shape index (κ1) is 11.7. The molecule has 1 saturated heterocycles. The molecule has 0 aromatic carbocycles. The van der Waals surface area contributed by atoms with Crippen molar-refractivity contribution in [3.05, 3.63) is 29.7 Å². The van der Waals surface area contributed by atoms with Crippen molar-refractivity contribution < 1.29 is 4.79 Å². The fraction of sp³-hybridized carbons (Fsp3) is 0.462. The lowest BCUT2D eigenvalue weighted by molar-refractivity contribution is 0.112. The van der Waals surface area contributed by atoms with Crippen molar-refractivity contribution in [1.82, 2.24) is 14.6 Å². The van der Waals surface area contributed by atoms with Crippen LogP contribution in [0.5, 0.6) is 0 Å². The number of rotatable bonds is 3. The average molecular weight is 261 g/mol. The van der Waals surface area contributed by atoms with E-state index in [-0.39, 0.29) is 0 Å². The van der Waals surface area contributed by atoms with Crippen LogP contribution in [-0.2, 0) is 6.42 Å². The number of carbonyl (C=O) groups excluding carboxylic acids is 1. The van der Waals surface area contributed by atoms with Crippen molar-refractivity contribution >= 4 is 23.7 Å². The first-order valence-electron chi connectivity index (χ1n) is 6.23. The summed E-state index contributed by atoms with van der Waals surface area (Å²) < 4.78 is 1.95. The number of nitrogens with zero attached hydrogens (tertiary/aromatic N) is 3. The summed E-state index contributed by atoms with van der Waals surface area (Å²) in [7, 11) is 0. The van der Waals surface area contributed by atoms with Crippen LogP contribution in [0.1, 0.15) is 29.0 Å². The Hall–Kier alpha value is -1.36. The summed E-state index contributed by atoms with van der Waals surface area (Å²) in [5.41, 5.74) is 1.49. The molecule has 3 heterocycles. The molecule has 4 nitrogen and oxygen atoms in total. The molecule has 18 heavy (non-hydrogen) atoms. The Kier molecular flexibility index (Phi) is 3.32. The van der Waals surface area contributed by atoms with Gasteiger partial charge in [0.2, 0.25) is 0 Å². The maximum absolute atomic E-state index is 10.8. The van der Waals surface area contributed by atoms with Crippen molar-refractivity contribution in [2.24, 2.45) is 5.92 Å². The summed E-state index contributed by atoms with van der Waals surface area (Å²) in [6, 6.07) is 3.62. The number of aldehydes is 1. The van der Waals surface area contributed by atoms with Crippen LogP contribution in [0.15, 0.2) is 18.3 Å². The van der Waals surface area contributed by atoms with Gasteiger partial charge in [-0.3, -0.25) is 9.20 Å². The molecule has 2 aromatic heterocycles. The van der Waals surface area contributed by atoms with Crippen LogP contribution >= 0.6 is 11.8 Å². The maximum Gasteiger partial charge on any atom is 0.160 e. The quantitative estimate of drug-likeness (QED) is 0.795. The van der Waals surface area contributed by atoms with Crippen molar-refractivity contribution in [2.45, 2.75) is 19.3 Å². The highest BCUT2D eigenvalue weighted by Crippen LogP contribution is 2.25. The third-order valence-electron chi connectivity index (χ3n) is 3.36. The van der Waals surface area contributed by atoms with Crippen molar-refractivity contribution in [3.8, 4) is 0 Å². The van der Waals surface area contributed by atoms with Crippen molar-refractivity contribution in [3.63, 3.8) is 0 Å². The molecule has 0 saturated carbocycles. The van der Waals surface area contributed by atoms with Crippen LogP contribution in [-0.4, -0.2) is 32.4 Å². The SMILES string of the molecule is O=Cc1ccc2nnc(CC3CCCSC3)n2c1. The number of hydrogen-bond acceptors (Lipinski definition) is 4. The molecule has 0 spiro atoms. The second kappa shape index (κ2) is 5.10. The average Bonchev–Trinajstić information content (AvgIpc) is 2.82. The molecule has 1 aliphatic heterocycles. The van der Waals surface area contributed by atoms with E-state index in [2.05, 4.69) is 10.2 Å². The highest BCUT2D eigenvalue weighted by molar-refractivity contribution is 7.99. The number of fused-ring (bicyclic) bond motifs is 1. The summed E-state index contributed by atoms with van der Waals surface area (Å²) in [4.78, 5) is 10.8. The summed E-state index contributed by atoms with van der Waals surface area (Å²) >= 11 is 2.02. The Morgan fingerprint density at radius 1 is 1.44 bits per heavy atom. The van der Waals surface area contributed by atoms with E-state index in [0.29, 0.717) is 11.5 Å². The van der Waals surface area contributed by atoms with Gasteiger partial charge in [-0.2, -0.15) is 11.8 Å². The summed E-state index contributed by atoms with van der Waals surface area (Å²) in [6.45, 7) is 0. The van der Waals surface area contributed by atoms with Gasteiger partial charge in [0, 0.05) is 18.2 Å². The van der Waals surface area contributed by atoms with Gasteiger partial charge in [-0.1, -0.05) is 0 Å². The fourth-order valence-electron chi connectivity index (χ4n) is 2.39. The molecule has 3 rings (SSSR count). The maximum atomic E-state index is 10.8. The Balaban J connectivity index is 1.88. The third-order valence-corrected chi connectivity index (χ3v) is 4.64. The van der Waals surface area contributed by atoms with E-state index in [1.54, 1.807) is 6.07 Å². The third kappa shape index (κ3) is 2.27. The van der Waals surface area contributed by atoms with Gasteiger partial charge < -0.3 is 0 Å². The summed E-state index contributed by atoms with van der Waals surface area (Å²) in [5.74, 6) is 4.16. The van der Waals surface area contributed by atoms with Crippen LogP contribution in [0.3, 0.4) is 0 Å². The van der Waals surface area contributed by atoms with Crippen LogP contribution in [0.2, 0.25) is 0 Å². The second-order valence-corrected chi connectivity index (χ2v) is 5.86. The van der Waals surface area contributed by atoms with Crippen LogP contribution in [0, 0.1) is 5.92 Å². The topological polar surface area (TPSA) is 47.3 Å². The zero-order valence-corrected chi connectivity index (χ0v) is 10.9. The summed E-state index contributed by atoms with van der Waals surface area (Å²) in [6.07, 6.45) is 6.21. The van der Waals surface area contributed by atoms with E-state index in [4.69, 9.17) is 0 Å². The Bertz CT molecular complexity index is 560. The molecule has 0 bridgehead atoms. The summed E-state index contributed by atoms with van der Waals surface area (Å²) in [5, 5.41) is 8.40. The standard InChI is InChI=1S/C13H15N3OS/c17-8-11-3-4-12-14-15-13(16(12)7-11)6-10-2-1-5-18-9-10/h3-4,7-8,10H,1-2,5-6,9H2. The molecule has 94 valence electrons. The number of carbonyl (C=O) groups is 1. The molecule has 2 aromatic rings. The molecule has 0 amide bonds. The number of pyridine rings is 1. The van der Waals surface area contributed by atoms with Crippen molar-refractivity contribution in [1.29, 1.82) is 0 Å². The van der Waals surface area contributed by atoms with E-state index in [1.807, 2.05) is 28.4 Å². The number of aromatic nitrogens is 3. The molecule has 1 aliphatic rings. The van der Waals surface area contributed by atoms with E-state index in [9.17, 15) is 4.79 Å². The molecule has 1 fully saturated rings. The minimum atomic E-state index is 0.668. The van der Waals surface area contributed by atoms with Gasteiger partial charge in [0.1, 0.15) is 5.82 Å². The van der Waals surface area contributed by atoms with Crippen molar-refractivity contribution in [2.75, 3.05) is 11.5 Å². The smallest absolute Gasteiger partial charge is 0.160 e. The molecule has 0 N–H and O–H groups in total. The predicted molar refractivity (Wildman–Crippen MR) is 72.1 cm³/mol.